The molecular formula is C23H36N4O5S2. The second-order valence-electron chi connectivity index (χ2n) is 11.1. The maximum Gasteiger partial charge on any atom is 0.240 e. The lowest BCUT2D eigenvalue weighted by Crippen LogP contribution is -2.48. The van der Waals surface area contributed by atoms with Crippen LogP contribution >= 0.6 is 12.2 Å². The van der Waals surface area contributed by atoms with Crippen LogP contribution in [0.5, 0.6) is 0 Å². The molecule has 2 saturated carbocycles. The summed E-state index contributed by atoms with van der Waals surface area (Å²) >= 11 is 4.95. The number of hydrogen-bond acceptors (Lipinski definition) is 6. The Morgan fingerprint density at radius 2 is 1.91 bits per heavy atom. The van der Waals surface area contributed by atoms with Gasteiger partial charge in [0.1, 0.15) is 0 Å². The zero-order valence-electron chi connectivity index (χ0n) is 20.3. The van der Waals surface area contributed by atoms with Crippen molar-refractivity contribution in [3.05, 3.63) is 12.7 Å². The lowest BCUT2D eigenvalue weighted by atomic mass is 9.81. The van der Waals surface area contributed by atoms with Crippen LogP contribution in [0.15, 0.2) is 12.7 Å². The van der Waals surface area contributed by atoms with Crippen molar-refractivity contribution in [3.8, 4) is 0 Å². The van der Waals surface area contributed by atoms with Gasteiger partial charge in [0.25, 0.3) is 0 Å². The molecule has 1 aliphatic heterocycles. The molecule has 34 heavy (non-hydrogen) atoms. The van der Waals surface area contributed by atoms with Gasteiger partial charge in [-0.1, -0.05) is 33.8 Å². The van der Waals surface area contributed by atoms with Crippen molar-refractivity contribution in [1.29, 1.82) is 0 Å². The standard InChI is InChI=1S/C23H36N4O5S2/c1-6-14-10-23(14,20(30)26-34(31,32)16-7-8-16)11-18(28)17-9-15(25-21(24)33)12-27(17)19(29)13(2)22(3,4)5/h6,13-17H,1,7-12H2,2-5H3,(H,26,30)(H3,24,25,33)/t13-,14-,15-,17+,23-/m1/s1. The Morgan fingerprint density at radius 3 is 2.38 bits per heavy atom. The van der Waals surface area contributed by atoms with E-state index in [1.165, 1.54) is 0 Å². The summed E-state index contributed by atoms with van der Waals surface area (Å²) < 4.78 is 26.9. The number of nitrogens with one attached hydrogen (secondary N) is 2. The fraction of sp³-hybridized carbons (Fsp3) is 0.739. The molecule has 4 N–H and O–H groups in total. The summed E-state index contributed by atoms with van der Waals surface area (Å²) in [5, 5.41) is 2.49. The van der Waals surface area contributed by atoms with Gasteiger partial charge in [-0.05, 0) is 49.2 Å². The molecule has 0 spiro atoms. The lowest BCUT2D eigenvalue weighted by Gasteiger charge is -2.33. The van der Waals surface area contributed by atoms with Gasteiger partial charge < -0.3 is 16.0 Å². The molecule has 9 nitrogen and oxygen atoms in total. The zero-order chi connectivity index (χ0) is 25.6. The molecule has 0 unspecified atom stereocenters. The van der Waals surface area contributed by atoms with Crippen LogP contribution in [0.3, 0.4) is 0 Å². The molecule has 0 radical (unpaired) electrons. The van der Waals surface area contributed by atoms with E-state index in [-0.39, 0.29) is 53.1 Å². The van der Waals surface area contributed by atoms with Gasteiger partial charge in [-0.15, -0.1) is 6.58 Å². The first-order chi connectivity index (χ1) is 15.6. The highest BCUT2D eigenvalue weighted by Gasteiger charge is 2.61. The minimum atomic E-state index is -3.74. The highest BCUT2D eigenvalue weighted by molar-refractivity contribution is 7.90. The lowest BCUT2D eigenvalue weighted by molar-refractivity contribution is -0.144. The fourth-order valence-electron chi connectivity index (χ4n) is 4.62. The zero-order valence-corrected chi connectivity index (χ0v) is 21.9. The average Bonchev–Trinajstić information content (AvgIpc) is 3.63. The average molecular weight is 513 g/mol. The third-order valence-electron chi connectivity index (χ3n) is 7.53. The second-order valence-corrected chi connectivity index (χ2v) is 13.5. The van der Waals surface area contributed by atoms with E-state index < -0.39 is 32.6 Å². The van der Waals surface area contributed by atoms with Gasteiger partial charge in [-0.3, -0.25) is 19.1 Å². The molecule has 0 aromatic carbocycles. The Labute approximate surface area is 207 Å². The molecule has 190 valence electrons. The van der Waals surface area contributed by atoms with Crippen LogP contribution in [0.2, 0.25) is 0 Å². The minimum Gasteiger partial charge on any atom is -0.376 e. The van der Waals surface area contributed by atoms with Crippen molar-refractivity contribution in [2.24, 2.45) is 28.4 Å². The number of nitrogens with zero attached hydrogens (tertiary/aromatic N) is 1. The fourth-order valence-corrected chi connectivity index (χ4v) is 6.17. The molecule has 11 heteroatoms. The predicted octanol–water partition coefficient (Wildman–Crippen LogP) is 1.23. The number of carbonyl (C=O) groups excluding carboxylic acids is 3. The number of likely N-dealkylation sites (tertiary alicyclic amines) is 1. The molecule has 1 saturated heterocycles. The quantitative estimate of drug-likeness (QED) is 0.310. The van der Waals surface area contributed by atoms with Crippen LogP contribution < -0.4 is 15.8 Å². The summed E-state index contributed by atoms with van der Waals surface area (Å²) in [5.41, 5.74) is 4.17. The first kappa shape index (κ1) is 26.6. The number of carbonyl (C=O) groups is 3. The number of allylic oxidation sites excluding steroid dienone is 1. The number of rotatable bonds is 9. The van der Waals surface area contributed by atoms with Gasteiger partial charge in [0.2, 0.25) is 21.8 Å². The number of nitrogens with two attached hydrogens (primary N) is 1. The maximum absolute atomic E-state index is 13.5. The largest absolute Gasteiger partial charge is 0.376 e. The van der Waals surface area contributed by atoms with Crippen molar-refractivity contribution < 1.29 is 22.8 Å². The Bertz CT molecular complexity index is 1000. The molecule has 0 aromatic heterocycles. The van der Waals surface area contributed by atoms with Gasteiger partial charge in [0.05, 0.1) is 16.7 Å². The van der Waals surface area contributed by atoms with Gasteiger partial charge >= 0.3 is 0 Å². The molecule has 2 amide bonds. The molecule has 3 rings (SSSR count). The number of Topliss-reactive ketones (excluding diaryl/α,β-unsaturated/α-hetero) is 1. The van der Waals surface area contributed by atoms with Crippen molar-refractivity contribution in [2.45, 2.75) is 77.1 Å². The van der Waals surface area contributed by atoms with Gasteiger partial charge in [0, 0.05) is 24.9 Å². The summed E-state index contributed by atoms with van der Waals surface area (Å²) in [6.07, 6.45) is 3.16. The predicted molar refractivity (Wildman–Crippen MR) is 133 cm³/mol. The Morgan fingerprint density at radius 1 is 1.29 bits per heavy atom. The van der Waals surface area contributed by atoms with Crippen LogP contribution in [-0.2, 0) is 24.4 Å². The van der Waals surface area contributed by atoms with Crippen molar-refractivity contribution in [2.75, 3.05) is 6.54 Å². The van der Waals surface area contributed by atoms with Gasteiger partial charge in [0.15, 0.2) is 10.9 Å². The van der Waals surface area contributed by atoms with E-state index in [0.29, 0.717) is 25.7 Å². The Kier molecular flexibility index (Phi) is 7.21. The van der Waals surface area contributed by atoms with Crippen molar-refractivity contribution >= 4 is 45.0 Å². The van der Waals surface area contributed by atoms with Gasteiger partial charge in [-0.25, -0.2) is 8.42 Å². The summed E-state index contributed by atoms with van der Waals surface area (Å²) in [5.74, 6) is -1.71. The Hall–Kier alpha value is -2.01. The number of hydrogen-bond donors (Lipinski definition) is 3. The first-order valence-electron chi connectivity index (χ1n) is 11.7. The van der Waals surface area contributed by atoms with E-state index in [1.807, 2.05) is 27.7 Å². The van der Waals surface area contributed by atoms with E-state index in [9.17, 15) is 22.8 Å². The smallest absolute Gasteiger partial charge is 0.240 e. The van der Waals surface area contributed by atoms with Crippen LogP contribution in [0.25, 0.3) is 0 Å². The molecule has 0 bridgehead atoms. The molecule has 3 fully saturated rings. The molecule has 0 aromatic rings. The monoisotopic (exact) mass is 512 g/mol. The third kappa shape index (κ3) is 5.45. The van der Waals surface area contributed by atoms with Gasteiger partial charge in [-0.2, -0.15) is 0 Å². The maximum atomic E-state index is 13.5. The molecule has 2 aliphatic carbocycles. The van der Waals surface area contributed by atoms with Crippen LogP contribution in [0.1, 0.15) is 59.8 Å². The highest BCUT2D eigenvalue weighted by atomic mass is 32.2. The normalized spacial score (nSPS) is 29.8. The van der Waals surface area contributed by atoms with E-state index in [1.54, 1.807) is 11.0 Å². The molecule has 3 aliphatic rings. The van der Waals surface area contributed by atoms with E-state index in [0.717, 1.165) is 0 Å². The van der Waals surface area contributed by atoms with Crippen LogP contribution in [-0.4, -0.2) is 59.9 Å². The van der Waals surface area contributed by atoms with E-state index in [2.05, 4.69) is 16.6 Å². The molecule has 5 atom stereocenters. The summed E-state index contributed by atoms with van der Waals surface area (Å²) in [6, 6.07) is -1.03. The molecule has 1 heterocycles. The minimum absolute atomic E-state index is 0.0874. The summed E-state index contributed by atoms with van der Waals surface area (Å²) in [4.78, 5) is 41.5. The van der Waals surface area contributed by atoms with Crippen molar-refractivity contribution in [1.82, 2.24) is 14.9 Å². The third-order valence-corrected chi connectivity index (χ3v) is 9.47. The van der Waals surface area contributed by atoms with E-state index >= 15 is 0 Å². The first-order valence-corrected chi connectivity index (χ1v) is 13.7. The Balaban J connectivity index is 1.81. The van der Waals surface area contributed by atoms with Crippen molar-refractivity contribution in [3.63, 3.8) is 0 Å². The number of thiocarbonyl (C=S) groups is 1. The number of sulfonamides is 1. The SMILES string of the molecule is C=C[C@@H]1C[C@]1(CC(=O)[C@@H]1C[C@@H](NC(N)=S)CN1C(=O)[C@@H](C)C(C)(C)C)C(=O)NS(=O)(=O)C1CC1. The van der Waals surface area contributed by atoms with Crippen LogP contribution in [0.4, 0.5) is 0 Å². The summed E-state index contributed by atoms with van der Waals surface area (Å²) in [6.45, 7) is 11.7. The van der Waals surface area contributed by atoms with E-state index in [4.69, 9.17) is 18.0 Å². The molecular weight excluding hydrogens is 476 g/mol. The summed E-state index contributed by atoms with van der Waals surface area (Å²) in [7, 11) is -3.74. The highest BCUT2D eigenvalue weighted by Crippen LogP contribution is 2.57. The second kappa shape index (κ2) is 9.22. The number of ketones is 1. The number of amides is 2. The van der Waals surface area contributed by atoms with Crippen LogP contribution in [0, 0.1) is 22.7 Å². The topological polar surface area (TPSA) is 139 Å².